The van der Waals surface area contributed by atoms with E-state index in [1.54, 1.807) is 6.92 Å². The predicted octanol–water partition coefficient (Wildman–Crippen LogP) is 5.09. The molecule has 1 aliphatic rings. The van der Waals surface area contributed by atoms with Gasteiger partial charge in [0.05, 0.1) is 27.8 Å². The second kappa shape index (κ2) is 7.85. The molecule has 1 saturated heterocycles. The van der Waals surface area contributed by atoms with Crippen molar-refractivity contribution in [2.75, 3.05) is 18.0 Å². The fourth-order valence-corrected chi connectivity index (χ4v) is 4.73. The molecule has 7 nitrogen and oxygen atoms in total. The van der Waals surface area contributed by atoms with Gasteiger partial charge in [0.1, 0.15) is 17.2 Å². The number of nitrogens with one attached hydrogen (secondary N) is 2. The van der Waals surface area contributed by atoms with Crippen LogP contribution in [0.3, 0.4) is 0 Å². The monoisotopic (exact) mass is 436 g/mol. The van der Waals surface area contributed by atoms with Crippen LogP contribution in [0.25, 0.3) is 33.6 Å². The van der Waals surface area contributed by atoms with Gasteiger partial charge in [-0.05, 0) is 49.2 Å². The summed E-state index contributed by atoms with van der Waals surface area (Å²) in [5.41, 5.74) is 6.00. The Morgan fingerprint density at radius 3 is 2.18 bits per heavy atom. The summed E-state index contributed by atoms with van der Waals surface area (Å²) in [6.07, 6.45) is 1.95. The van der Waals surface area contributed by atoms with Gasteiger partial charge >= 0.3 is 0 Å². The maximum absolute atomic E-state index is 12.5. The van der Waals surface area contributed by atoms with Crippen LogP contribution in [0.5, 0.6) is 0 Å². The number of aromatic amines is 2. The number of hydrogen-bond acceptors (Lipinski definition) is 5. The van der Waals surface area contributed by atoms with E-state index in [0.717, 1.165) is 59.5 Å². The Morgan fingerprint density at radius 2 is 1.52 bits per heavy atom. The summed E-state index contributed by atoms with van der Waals surface area (Å²) in [7, 11) is 0. The Balaban J connectivity index is 1.25. The highest BCUT2D eigenvalue weighted by atomic mass is 16.1. The number of para-hydroxylation sites is 4. The first kappa shape index (κ1) is 19.7. The highest BCUT2D eigenvalue weighted by Gasteiger charge is 2.26. The zero-order valence-electron chi connectivity index (χ0n) is 18.4. The molecular formula is C26H24N6O. The van der Waals surface area contributed by atoms with Crippen molar-refractivity contribution in [2.24, 2.45) is 0 Å². The average molecular weight is 437 g/mol. The number of aromatic nitrogens is 5. The standard InChI is InChI=1S/C26H24N6O/c1-16(33)24-23(11-10-22(27-24)26-30-20-8-4-5-9-21(20)31-26)32-14-12-17(13-15-32)25-28-18-6-2-3-7-19(18)29-25/h2-11,17H,12-15H2,1H3,(H,28,29)(H,30,31). The number of hydrogen-bond donors (Lipinski definition) is 2. The number of benzene rings is 2. The number of carbonyl (C=O) groups excluding carboxylic acids is 1. The van der Waals surface area contributed by atoms with Crippen LogP contribution >= 0.6 is 0 Å². The summed E-state index contributed by atoms with van der Waals surface area (Å²) in [5.74, 6) is 2.08. The quantitative estimate of drug-likeness (QED) is 0.383. The topological polar surface area (TPSA) is 90.6 Å². The van der Waals surface area contributed by atoms with Crippen LogP contribution < -0.4 is 4.90 Å². The van der Waals surface area contributed by atoms with Gasteiger partial charge in [0, 0.05) is 25.9 Å². The maximum Gasteiger partial charge on any atom is 0.180 e. The molecule has 0 atom stereocenters. The Kier molecular flexibility index (Phi) is 4.68. The number of fused-ring (bicyclic) bond motifs is 2. The van der Waals surface area contributed by atoms with Gasteiger partial charge in [-0.25, -0.2) is 15.0 Å². The number of nitrogens with zero attached hydrogens (tertiary/aromatic N) is 4. The average Bonchev–Trinajstić information content (AvgIpc) is 3.48. The van der Waals surface area contributed by atoms with E-state index in [1.165, 1.54) is 0 Å². The lowest BCUT2D eigenvalue weighted by atomic mass is 9.95. The molecule has 3 aromatic heterocycles. The number of imidazole rings is 2. The Bertz CT molecular complexity index is 1410. The van der Waals surface area contributed by atoms with Crippen molar-refractivity contribution in [1.29, 1.82) is 0 Å². The van der Waals surface area contributed by atoms with Crippen molar-refractivity contribution < 1.29 is 4.79 Å². The molecule has 33 heavy (non-hydrogen) atoms. The predicted molar refractivity (Wildman–Crippen MR) is 130 cm³/mol. The van der Waals surface area contributed by atoms with E-state index in [0.29, 0.717) is 23.1 Å². The number of ketones is 1. The van der Waals surface area contributed by atoms with Gasteiger partial charge in [-0.15, -0.1) is 0 Å². The zero-order valence-corrected chi connectivity index (χ0v) is 18.4. The van der Waals surface area contributed by atoms with Crippen LogP contribution in [0.4, 0.5) is 5.69 Å². The van der Waals surface area contributed by atoms with Crippen LogP contribution in [0, 0.1) is 0 Å². The normalized spacial score (nSPS) is 14.9. The third-order valence-corrected chi connectivity index (χ3v) is 6.47. The second-order valence-electron chi connectivity index (χ2n) is 8.62. The first-order valence-corrected chi connectivity index (χ1v) is 11.3. The summed E-state index contributed by atoms with van der Waals surface area (Å²) < 4.78 is 0. The number of H-pyrrole nitrogens is 2. The fraction of sp³-hybridized carbons (Fsp3) is 0.231. The van der Waals surface area contributed by atoms with E-state index >= 15 is 0 Å². The molecule has 164 valence electrons. The van der Waals surface area contributed by atoms with Crippen molar-refractivity contribution in [2.45, 2.75) is 25.7 Å². The molecule has 0 aliphatic carbocycles. The minimum atomic E-state index is -0.0395. The molecule has 4 heterocycles. The first-order valence-electron chi connectivity index (χ1n) is 11.3. The maximum atomic E-state index is 12.5. The van der Waals surface area contributed by atoms with Gasteiger partial charge in [-0.3, -0.25) is 4.79 Å². The van der Waals surface area contributed by atoms with Crippen LogP contribution in [0.1, 0.15) is 42.0 Å². The van der Waals surface area contributed by atoms with Crippen LogP contribution in [0.2, 0.25) is 0 Å². The Morgan fingerprint density at radius 1 is 0.848 bits per heavy atom. The molecule has 2 N–H and O–H groups in total. The van der Waals surface area contributed by atoms with Gasteiger partial charge in [-0.1, -0.05) is 24.3 Å². The van der Waals surface area contributed by atoms with E-state index in [-0.39, 0.29) is 5.78 Å². The molecule has 7 heteroatoms. The van der Waals surface area contributed by atoms with Crippen LogP contribution in [-0.2, 0) is 0 Å². The molecule has 6 rings (SSSR count). The highest BCUT2D eigenvalue weighted by Crippen LogP contribution is 2.32. The first-order chi connectivity index (χ1) is 16.2. The van der Waals surface area contributed by atoms with E-state index in [9.17, 15) is 4.79 Å². The molecule has 5 aromatic rings. The lowest BCUT2D eigenvalue weighted by Gasteiger charge is -2.33. The number of carbonyl (C=O) groups is 1. The third kappa shape index (κ3) is 3.55. The number of pyridine rings is 1. The summed E-state index contributed by atoms with van der Waals surface area (Å²) in [6.45, 7) is 3.29. The molecular weight excluding hydrogens is 412 g/mol. The minimum Gasteiger partial charge on any atom is -0.370 e. The van der Waals surface area contributed by atoms with Gasteiger partial charge in [0.25, 0.3) is 0 Å². The summed E-state index contributed by atoms with van der Waals surface area (Å²) in [4.78, 5) is 35.7. The van der Waals surface area contributed by atoms with Gasteiger partial charge < -0.3 is 14.9 Å². The number of piperidine rings is 1. The number of anilines is 1. The van der Waals surface area contributed by atoms with Gasteiger partial charge in [0.2, 0.25) is 0 Å². The molecule has 0 saturated carbocycles. The highest BCUT2D eigenvalue weighted by molar-refractivity contribution is 5.98. The SMILES string of the molecule is CC(=O)c1nc(-c2nc3ccccc3[nH]2)ccc1N1CCC(c2nc3ccccc3[nH]2)CC1. The molecule has 0 amide bonds. The zero-order chi connectivity index (χ0) is 22.4. The third-order valence-electron chi connectivity index (χ3n) is 6.47. The molecule has 0 unspecified atom stereocenters. The molecule has 0 bridgehead atoms. The van der Waals surface area contributed by atoms with Crippen molar-refractivity contribution in [3.05, 3.63) is 72.2 Å². The van der Waals surface area contributed by atoms with Crippen molar-refractivity contribution in [1.82, 2.24) is 24.9 Å². The Hall–Kier alpha value is -4.00. The molecule has 2 aromatic carbocycles. The summed E-state index contributed by atoms with van der Waals surface area (Å²) in [6, 6.07) is 20.0. The second-order valence-corrected chi connectivity index (χ2v) is 8.62. The molecule has 1 aliphatic heterocycles. The van der Waals surface area contributed by atoms with Crippen molar-refractivity contribution in [3.8, 4) is 11.5 Å². The lowest BCUT2D eigenvalue weighted by molar-refractivity contribution is 0.101. The van der Waals surface area contributed by atoms with Crippen molar-refractivity contribution >= 4 is 33.5 Å². The number of Topliss-reactive ketones (excluding diaryl/α,β-unsaturated/α-hetero) is 1. The lowest BCUT2D eigenvalue weighted by Crippen LogP contribution is -2.34. The van der Waals surface area contributed by atoms with Crippen LogP contribution in [0.15, 0.2) is 60.7 Å². The Labute approximate surface area is 190 Å². The van der Waals surface area contributed by atoms with Gasteiger partial charge in [-0.2, -0.15) is 0 Å². The largest absolute Gasteiger partial charge is 0.370 e. The summed E-state index contributed by atoms with van der Waals surface area (Å²) >= 11 is 0. The molecule has 0 spiro atoms. The van der Waals surface area contributed by atoms with E-state index in [2.05, 4.69) is 25.9 Å². The van der Waals surface area contributed by atoms with E-state index in [1.807, 2.05) is 54.6 Å². The minimum absolute atomic E-state index is 0.0395. The number of rotatable bonds is 4. The fourth-order valence-electron chi connectivity index (χ4n) is 4.73. The van der Waals surface area contributed by atoms with Gasteiger partial charge in [0.15, 0.2) is 11.6 Å². The smallest absolute Gasteiger partial charge is 0.180 e. The molecule has 1 fully saturated rings. The van der Waals surface area contributed by atoms with Crippen molar-refractivity contribution in [3.63, 3.8) is 0 Å². The van der Waals surface area contributed by atoms with E-state index < -0.39 is 0 Å². The molecule has 0 radical (unpaired) electrons. The van der Waals surface area contributed by atoms with Crippen LogP contribution in [-0.4, -0.2) is 43.8 Å². The van der Waals surface area contributed by atoms with E-state index in [4.69, 9.17) is 9.97 Å². The summed E-state index contributed by atoms with van der Waals surface area (Å²) in [5, 5.41) is 0.